The molecule has 0 aliphatic carbocycles. The summed E-state index contributed by atoms with van der Waals surface area (Å²) in [6.07, 6.45) is 1.99. The van der Waals surface area contributed by atoms with E-state index in [9.17, 15) is 8.42 Å². The maximum Gasteiger partial charge on any atom is 0.211 e. The van der Waals surface area contributed by atoms with E-state index in [-0.39, 0.29) is 0 Å². The molecular weight excluding hydrogens is 354 g/mol. The van der Waals surface area contributed by atoms with Crippen LogP contribution in [-0.2, 0) is 14.8 Å². The zero-order valence-corrected chi connectivity index (χ0v) is 17.8. The first-order valence-corrected chi connectivity index (χ1v) is 11.4. The van der Waals surface area contributed by atoms with Gasteiger partial charge in [0.25, 0.3) is 0 Å². The molecule has 1 unspecified atom stereocenters. The zero-order chi connectivity index (χ0) is 19.6. The summed E-state index contributed by atoms with van der Waals surface area (Å²) >= 11 is 0. The van der Waals surface area contributed by atoms with E-state index in [0.717, 1.165) is 45.2 Å². The Morgan fingerprint density at radius 1 is 1.27 bits per heavy atom. The second kappa shape index (κ2) is 11.7. The molecule has 1 heterocycles. The molecule has 0 aromatic carbocycles. The third-order valence-corrected chi connectivity index (χ3v) is 6.06. The van der Waals surface area contributed by atoms with Gasteiger partial charge in [0, 0.05) is 52.4 Å². The fourth-order valence-corrected chi connectivity index (χ4v) is 4.07. The molecule has 0 saturated carbocycles. The van der Waals surface area contributed by atoms with Crippen LogP contribution < -0.4 is 10.6 Å². The summed E-state index contributed by atoms with van der Waals surface area (Å²) in [6.45, 7) is 12.4. The van der Waals surface area contributed by atoms with Crippen LogP contribution in [0.25, 0.3) is 0 Å². The van der Waals surface area contributed by atoms with Gasteiger partial charge in [0.1, 0.15) is 0 Å². The fourth-order valence-electron chi connectivity index (χ4n) is 3.14. The molecule has 0 aromatic heterocycles. The molecular formula is C17H37N5O3S. The predicted molar refractivity (Wildman–Crippen MR) is 107 cm³/mol. The number of ether oxygens (including phenoxy) is 1. The molecule has 1 aliphatic heterocycles. The second-order valence-electron chi connectivity index (χ2n) is 6.95. The fraction of sp³-hybridized carbons (Fsp3) is 0.941. The Bertz CT molecular complexity index is 518. The quantitative estimate of drug-likeness (QED) is 0.314. The smallest absolute Gasteiger partial charge is 0.211 e. The van der Waals surface area contributed by atoms with Gasteiger partial charge in [-0.3, -0.25) is 9.89 Å². The summed E-state index contributed by atoms with van der Waals surface area (Å²) in [6, 6.07) is 0.429. The molecule has 0 aromatic rings. The van der Waals surface area contributed by atoms with Crippen LogP contribution in [0.4, 0.5) is 0 Å². The number of morpholine rings is 1. The van der Waals surface area contributed by atoms with Crippen LogP contribution in [0.2, 0.25) is 0 Å². The van der Waals surface area contributed by atoms with Crippen molar-refractivity contribution in [3.63, 3.8) is 0 Å². The van der Waals surface area contributed by atoms with Crippen molar-refractivity contribution in [2.75, 3.05) is 65.8 Å². The van der Waals surface area contributed by atoms with E-state index >= 15 is 0 Å². The first-order chi connectivity index (χ1) is 12.3. The minimum Gasteiger partial charge on any atom is -0.379 e. The van der Waals surface area contributed by atoms with E-state index in [0.29, 0.717) is 31.6 Å². The number of hydrogen-bond donors (Lipinski definition) is 2. The van der Waals surface area contributed by atoms with Gasteiger partial charge in [-0.25, -0.2) is 12.7 Å². The number of aliphatic imine (C=N–C) groups is 1. The van der Waals surface area contributed by atoms with Gasteiger partial charge in [-0.15, -0.1) is 0 Å². The highest BCUT2D eigenvalue weighted by Gasteiger charge is 2.23. The minimum atomic E-state index is -3.12. The Labute approximate surface area is 159 Å². The van der Waals surface area contributed by atoms with E-state index in [4.69, 9.17) is 4.74 Å². The summed E-state index contributed by atoms with van der Waals surface area (Å²) in [5.74, 6) is 1.29. The number of nitrogens with one attached hydrogen (secondary N) is 2. The molecule has 1 aliphatic rings. The van der Waals surface area contributed by atoms with Crippen LogP contribution in [0.15, 0.2) is 4.99 Å². The average molecular weight is 392 g/mol. The summed E-state index contributed by atoms with van der Waals surface area (Å²) in [5, 5.41) is 6.68. The number of rotatable bonds is 10. The topological polar surface area (TPSA) is 86.3 Å². The number of nitrogens with zero attached hydrogens (tertiary/aromatic N) is 3. The van der Waals surface area contributed by atoms with Crippen LogP contribution in [0, 0.1) is 5.92 Å². The average Bonchev–Trinajstić information content (AvgIpc) is 2.59. The lowest BCUT2D eigenvalue weighted by atomic mass is 10.0. The molecule has 26 heavy (non-hydrogen) atoms. The normalized spacial score (nSPS) is 18.3. The monoisotopic (exact) mass is 391 g/mol. The van der Waals surface area contributed by atoms with E-state index in [1.165, 1.54) is 10.6 Å². The van der Waals surface area contributed by atoms with Crippen molar-refractivity contribution in [3.05, 3.63) is 0 Å². The van der Waals surface area contributed by atoms with Crippen LogP contribution in [0.3, 0.4) is 0 Å². The van der Waals surface area contributed by atoms with Gasteiger partial charge >= 0.3 is 0 Å². The molecule has 154 valence electrons. The summed E-state index contributed by atoms with van der Waals surface area (Å²) in [5.41, 5.74) is 0. The Morgan fingerprint density at radius 2 is 1.92 bits per heavy atom. The highest BCUT2D eigenvalue weighted by Crippen LogP contribution is 2.12. The first-order valence-electron chi connectivity index (χ1n) is 9.51. The van der Waals surface area contributed by atoms with Crippen molar-refractivity contribution >= 4 is 16.0 Å². The highest BCUT2D eigenvalue weighted by molar-refractivity contribution is 7.88. The lowest BCUT2D eigenvalue weighted by Crippen LogP contribution is -2.52. The van der Waals surface area contributed by atoms with Crippen LogP contribution in [0.5, 0.6) is 0 Å². The predicted octanol–water partition coefficient (Wildman–Crippen LogP) is 0.180. The van der Waals surface area contributed by atoms with Crippen molar-refractivity contribution in [1.82, 2.24) is 19.8 Å². The van der Waals surface area contributed by atoms with Crippen LogP contribution >= 0.6 is 0 Å². The van der Waals surface area contributed by atoms with Gasteiger partial charge in [-0.1, -0.05) is 20.8 Å². The molecule has 0 radical (unpaired) electrons. The van der Waals surface area contributed by atoms with Gasteiger partial charge < -0.3 is 15.4 Å². The zero-order valence-electron chi connectivity index (χ0n) is 17.0. The van der Waals surface area contributed by atoms with Crippen LogP contribution in [0.1, 0.15) is 27.2 Å². The number of sulfonamides is 1. The third kappa shape index (κ3) is 8.20. The van der Waals surface area contributed by atoms with Gasteiger partial charge in [0.15, 0.2) is 5.96 Å². The maximum atomic E-state index is 11.6. The van der Waals surface area contributed by atoms with Crippen molar-refractivity contribution in [2.45, 2.75) is 33.2 Å². The molecule has 1 saturated heterocycles. The lowest BCUT2D eigenvalue weighted by Gasteiger charge is -2.37. The first kappa shape index (κ1) is 23.1. The Morgan fingerprint density at radius 3 is 2.42 bits per heavy atom. The van der Waals surface area contributed by atoms with Crippen molar-refractivity contribution in [1.29, 1.82) is 0 Å². The van der Waals surface area contributed by atoms with Crippen molar-refractivity contribution in [3.8, 4) is 0 Å². The third-order valence-electron chi connectivity index (χ3n) is 4.68. The molecule has 8 nitrogen and oxygen atoms in total. The summed E-state index contributed by atoms with van der Waals surface area (Å²) in [7, 11) is -1.37. The maximum absolute atomic E-state index is 11.6. The van der Waals surface area contributed by atoms with E-state index in [1.807, 2.05) is 6.92 Å². The SMILES string of the molecule is CCN(CCCNC(=NC)NCC(C(C)C)N1CCOCC1)S(C)(=O)=O. The minimum absolute atomic E-state index is 0.429. The molecule has 0 spiro atoms. The van der Waals surface area contributed by atoms with Gasteiger partial charge in [0.05, 0.1) is 19.5 Å². The lowest BCUT2D eigenvalue weighted by molar-refractivity contribution is 0.00752. The molecule has 1 rings (SSSR count). The second-order valence-corrected chi connectivity index (χ2v) is 8.93. The Kier molecular flexibility index (Phi) is 10.4. The van der Waals surface area contributed by atoms with E-state index < -0.39 is 10.0 Å². The highest BCUT2D eigenvalue weighted by atomic mass is 32.2. The Hall–Kier alpha value is -0.900. The largest absolute Gasteiger partial charge is 0.379 e. The van der Waals surface area contributed by atoms with Gasteiger partial charge in [-0.2, -0.15) is 0 Å². The van der Waals surface area contributed by atoms with Crippen molar-refractivity contribution < 1.29 is 13.2 Å². The van der Waals surface area contributed by atoms with Gasteiger partial charge in [-0.05, 0) is 12.3 Å². The molecule has 0 amide bonds. The summed E-state index contributed by atoms with van der Waals surface area (Å²) in [4.78, 5) is 6.74. The standard InChI is InChI=1S/C17H37N5O3S/c1-6-22(26(5,23)24)9-7-8-19-17(18-4)20-14-16(15(2)3)21-10-12-25-13-11-21/h15-16H,6-14H2,1-5H3,(H2,18,19,20). The molecule has 1 atom stereocenters. The van der Waals surface area contributed by atoms with Gasteiger partial charge in [0.2, 0.25) is 10.0 Å². The molecule has 0 bridgehead atoms. The summed E-state index contributed by atoms with van der Waals surface area (Å²) < 4.78 is 30.1. The van der Waals surface area contributed by atoms with Crippen molar-refractivity contribution in [2.24, 2.45) is 10.9 Å². The number of hydrogen-bond acceptors (Lipinski definition) is 5. The number of guanidine groups is 1. The molecule has 1 fully saturated rings. The Balaban J connectivity index is 2.39. The molecule has 9 heteroatoms. The van der Waals surface area contributed by atoms with Crippen LogP contribution in [-0.4, -0.2) is 95.4 Å². The van der Waals surface area contributed by atoms with E-state index in [1.54, 1.807) is 7.05 Å². The molecule has 2 N–H and O–H groups in total. The van der Waals surface area contributed by atoms with E-state index in [2.05, 4.69) is 34.4 Å².